The lowest BCUT2D eigenvalue weighted by molar-refractivity contribution is 0.0951. The molecule has 1 aliphatic carbocycles. The molecule has 1 amide bonds. The maximum atomic E-state index is 11.9. The molecule has 0 spiro atoms. The van der Waals surface area contributed by atoms with Gasteiger partial charge in [0.25, 0.3) is 5.91 Å². The van der Waals surface area contributed by atoms with Gasteiger partial charge in [0.15, 0.2) is 0 Å². The molecule has 0 bridgehead atoms. The van der Waals surface area contributed by atoms with E-state index in [-0.39, 0.29) is 11.7 Å². The Kier molecular flexibility index (Phi) is 3.77. The standard InChI is InChI=1S/C17H18N2O2/c20-16-3-1-2-12(10-16)11-18-14-6-4-13(5-7-14)17(21)19-15-8-9-15/h1-7,10,15,18,20H,8-9,11H2,(H,19,21). The van der Waals surface area contributed by atoms with E-state index in [1.807, 2.05) is 36.4 Å². The first-order chi connectivity index (χ1) is 10.2. The van der Waals surface area contributed by atoms with Gasteiger partial charge in [-0.05, 0) is 54.8 Å². The normalized spacial score (nSPS) is 13.7. The lowest BCUT2D eigenvalue weighted by Crippen LogP contribution is -2.25. The highest BCUT2D eigenvalue weighted by Crippen LogP contribution is 2.20. The molecule has 21 heavy (non-hydrogen) atoms. The summed E-state index contributed by atoms with van der Waals surface area (Å²) in [5.41, 5.74) is 2.64. The number of carbonyl (C=O) groups is 1. The van der Waals surface area contributed by atoms with Gasteiger partial charge in [-0.25, -0.2) is 0 Å². The maximum Gasteiger partial charge on any atom is 0.251 e. The largest absolute Gasteiger partial charge is 0.508 e. The lowest BCUT2D eigenvalue weighted by Gasteiger charge is -2.08. The van der Waals surface area contributed by atoms with Gasteiger partial charge in [-0.2, -0.15) is 0 Å². The third kappa shape index (κ3) is 3.75. The summed E-state index contributed by atoms with van der Waals surface area (Å²) in [4.78, 5) is 11.9. The highest BCUT2D eigenvalue weighted by Gasteiger charge is 2.23. The van der Waals surface area contributed by atoms with Gasteiger partial charge in [-0.1, -0.05) is 12.1 Å². The molecule has 0 unspecified atom stereocenters. The Morgan fingerprint density at radius 3 is 2.57 bits per heavy atom. The Labute approximate surface area is 123 Å². The molecule has 2 aromatic rings. The summed E-state index contributed by atoms with van der Waals surface area (Å²) in [5, 5.41) is 15.6. The van der Waals surface area contributed by atoms with E-state index < -0.39 is 0 Å². The summed E-state index contributed by atoms with van der Waals surface area (Å²) >= 11 is 0. The molecule has 2 aromatic carbocycles. The van der Waals surface area contributed by atoms with Crippen molar-refractivity contribution in [2.75, 3.05) is 5.32 Å². The number of rotatable bonds is 5. The highest BCUT2D eigenvalue weighted by molar-refractivity contribution is 5.94. The molecule has 0 aliphatic heterocycles. The fourth-order valence-corrected chi connectivity index (χ4v) is 2.11. The zero-order valence-corrected chi connectivity index (χ0v) is 11.7. The van der Waals surface area contributed by atoms with Gasteiger partial charge in [-0.3, -0.25) is 4.79 Å². The molecule has 3 rings (SSSR count). The van der Waals surface area contributed by atoms with Crippen LogP contribution >= 0.6 is 0 Å². The number of amides is 1. The predicted molar refractivity (Wildman–Crippen MR) is 82.4 cm³/mol. The molecular formula is C17H18N2O2. The zero-order valence-electron chi connectivity index (χ0n) is 11.7. The summed E-state index contributed by atoms with van der Waals surface area (Å²) < 4.78 is 0. The molecule has 1 saturated carbocycles. The summed E-state index contributed by atoms with van der Waals surface area (Å²) in [6.45, 7) is 0.627. The number of benzene rings is 2. The minimum Gasteiger partial charge on any atom is -0.508 e. The molecule has 1 fully saturated rings. The van der Waals surface area contributed by atoms with Crippen molar-refractivity contribution in [3.8, 4) is 5.75 Å². The van der Waals surface area contributed by atoms with E-state index in [0.29, 0.717) is 18.2 Å². The Hall–Kier alpha value is -2.49. The van der Waals surface area contributed by atoms with Gasteiger partial charge in [0, 0.05) is 23.8 Å². The van der Waals surface area contributed by atoms with E-state index in [0.717, 1.165) is 24.1 Å². The average Bonchev–Trinajstić information content (AvgIpc) is 3.30. The number of aromatic hydroxyl groups is 1. The first kappa shape index (κ1) is 13.5. The number of hydrogen-bond acceptors (Lipinski definition) is 3. The molecule has 0 aromatic heterocycles. The van der Waals surface area contributed by atoms with Crippen molar-refractivity contribution in [3.05, 3.63) is 59.7 Å². The van der Waals surface area contributed by atoms with Crippen LogP contribution in [0.4, 0.5) is 5.69 Å². The van der Waals surface area contributed by atoms with Crippen LogP contribution < -0.4 is 10.6 Å². The minimum absolute atomic E-state index is 0.00275. The SMILES string of the molecule is O=C(NC1CC1)c1ccc(NCc2cccc(O)c2)cc1. The molecule has 1 aliphatic rings. The van der Waals surface area contributed by atoms with Crippen LogP contribution in [0.5, 0.6) is 5.75 Å². The predicted octanol–water partition coefficient (Wildman–Crippen LogP) is 2.90. The van der Waals surface area contributed by atoms with Crippen LogP contribution in [-0.4, -0.2) is 17.1 Å². The molecule has 0 heterocycles. The average molecular weight is 282 g/mol. The number of nitrogens with one attached hydrogen (secondary N) is 2. The van der Waals surface area contributed by atoms with Gasteiger partial charge in [0.1, 0.15) is 5.75 Å². The monoisotopic (exact) mass is 282 g/mol. The molecule has 4 heteroatoms. The molecule has 4 nitrogen and oxygen atoms in total. The molecule has 0 radical (unpaired) electrons. The lowest BCUT2D eigenvalue weighted by atomic mass is 10.1. The first-order valence-electron chi connectivity index (χ1n) is 7.13. The van der Waals surface area contributed by atoms with Crippen molar-refractivity contribution >= 4 is 11.6 Å². The van der Waals surface area contributed by atoms with Crippen LogP contribution in [0.3, 0.4) is 0 Å². The number of anilines is 1. The molecule has 0 atom stereocenters. The third-order valence-corrected chi connectivity index (χ3v) is 3.47. The third-order valence-electron chi connectivity index (χ3n) is 3.47. The van der Waals surface area contributed by atoms with Gasteiger partial charge in [0.2, 0.25) is 0 Å². The van der Waals surface area contributed by atoms with E-state index in [2.05, 4.69) is 10.6 Å². The quantitative estimate of drug-likeness (QED) is 0.790. The van der Waals surface area contributed by atoms with Crippen LogP contribution in [0, 0.1) is 0 Å². The van der Waals surface area contributed by atoms with Gasteiger partial charge in [0.05, 0.1) is 0 Å². The Morgan fingerprint density at radius 1 is 1.14 bits per heavy atom. The van der Waals surface area contributed by atoms with E-state index in [1.165, 1.54) is 0 Å². The van der Waals surface area contributed by atoms with E-state index in [4.69, 9.17) is 0 Å². The highest BCUT2D eigenvalue weighted by atomic mass is 16.3. The summed E-state index contributed by atoms with van der Waals surface area (Å²) in [7, 11) is 0. The van der Waals surface area contributed by atoms with Gasteiger partial charge < -0.3 is 15.7 Å². The summed E-state index contributed by atoms with van der Waals surface area (Å²) in [5.74, 6) is 0.262. The van der Waals surface area contributed by atoms with Crippen LogP contribution in [0.25, 0.3) is 0 Å². The van der Waals surface area contributed by atoms with E-state index in [1.54, 1.807) is 12.1 Å². The molecular weight excluding hydrogens is 264 g/mol. The molecule has 108 valence electrons. The van der Waals surface area contributed by atoms with Crippen molar-refractivity contribution in [1.82, 2.24) is 5.32 Å². The molecule has 0 saturated heterocycles. The van der Waals surface area contributed by atoms with Gasteiger partial charge >= 0.3 is 0 Å². The number of carbonyl (C=O) groups excluding carboxylic acids is 1. The van der Waals surface area contributed by atoms with E-state index >= 15 is 0 Å². The minimum atomic E-state index is -0.00275. The number of hydrogen-bond donors (Lipinski definition) is 3. The van der Waals surface area contributed by atoms with Crippen molar-refractivity contribution in [2.45, 2.75) is 25.4 Å². The molecule has 3 N–H and O–H groups in total. The second-order valence-electron chi connectivity index (χ2n) is 5.35. The second-order valence-corrected chi connectivity index (χ2v) is 5.35. The second kappa shape index (κ2) is 5.87. The van der Waals surface area contributed by atoms with Gasteiger partial charge in [-0.15, -0.1) is 0 Å². The van der Waals surface area contributed by atoms with Crippen molar-refractivity contribution in [3.63, 3.8) is 0 Å². The van der Waals surface area contributed by atoms with Crippen LogP contribution in [-0.2, 0) is 6.54 Å². The fourth-order valence-electron chi connectivity index (χ4n) is 2.11. The first-order valence-corrected chi connectivity index (χ1v) is 7.13. The maximum absolute atomic E-state index is 11.9. The number of phenolic OH excluding ortho intramolecular Hbond substituents is 1. The van der Waals surface area contributed by atoms with Crippen LogP contribution in [0.15, 0.2) is 48.5 Å². The van der Waals surface area contributed by atoms with Crippen LogP contribution in [0.2, 0.25) is 0 Å². The Bertz CT molecular complexity index is 633. The van der Waals surface area contributed by atoms with Crippen molar-refractivity contribution in [1.29, 1.82) is 0 Å². The number of phenols is 1. The zero-order chi connectivity index (χ0) is 14.7. The van der Waals surface area contributed by atoms with Crippen molar-refractivity contribution in [2.24, 2.45) is 0 Å². The summed E-state index contributed by atoms with van der Waals surface area (Å²) in [6, 6.07) is 14.9. The Balaban J connectivity index is 1.57. The van der Waals surface area contributed by atoms with Crippen molar-refractivity contribution < 1.29 is 9.90 Å². The van der Waals surface area contributed by atoms with Crippen LogP contribution in [0.1, 0.15) is 28.8 Å². The Morgan fingerprint density at radius 2 is 1.90 bits per heavy atom. The summed E-state index contributed by atoms with van der Waals surface area (Å²) in [6.07, 6.45) is 2.19. The van der Waals surface area contributed by atoms with E-state index in [9.17, 15) is 9.90 Å². The topological polar surface area (TPSA) is 61.4 Å². The smallest absolute Gasteiger partial charge is 0.251 e. The fraction of sp³-hybridized carbons (Fsp3) is 0.235.